The summed E-state index contributed by atoms with van der Waals surface area (Å²) in [5.74, 6) is 9.15. The van der Waals surface area contributed by atoms with Gasteiger partial charge in [0, 0.05) is 114 Å². The highest BCUT2D eigenvalue weighted by atomic mass is 32.2. The fourth-order valence-electron chi connectivity index (χ4n) is 7.38. The summed E-state index contributed by atoms with van der Waals surface area (Å²) in [5.41, 5.74) is 6.87. The third-order valence-corrected chi connectivity index (χ3v) is 14.8. The number of benzene rings is 3. The number of nitrogens with zero attached hydrogens (tertiary/aromatic N) is 3. The van der Waals surface area contributed by atoms with Crippen LogP contribution in [0.1, 0.15) is 69.4 Å². The Morgan fingerprint density at radius 3 is 2.05 bits per heavy atom. The average Bonchev–Trinajstić information content (AvgIpc) is 3.45. The van der Waals surface area contributed by atoms with E-state index in [2.05, 4.69) is 145 Å². The van der Waals surface area contributed by atoms with Gasteiger partial charge in [-0.1, -0.05) is 44.2 Å². The maximum atomic E-state index is 13.2. The van der Waals surface area contributed by atoms with E-state index in [9.17, 15) is 9.59 Å². The van der Waals surface area contributed by atoms with E-state index < -0.39 is 11.5 Å². The molecule has 0 saturated carbocycles. The van der Waals surface area contributed by atoms with E-state index in [4.69, 9.17) is 4.42 Å². The third kappa shape index (κ3) is 12.4. The van der Waals surface area contributed by atoms with E-state index in [1.807, 2.05) is 41.7 Å². The number of anilines is 2. The number of thioether (sulfide) groups is 4. The molecule has 1 aliphatic heterocycles. The zero-order valence-corrected chi connectivity index (χ0v) is 38.7. The van der Waals surface area contributed by atoms with Crippen molar-refractivity contribution in [3.8, 4) is 0 Å². The van der Waals surface area contributed by atoms with Crippen molar-refractivity contribution < 1.29 is 13.8 Å². The van der Waals surface area contributed by atoms with Gasteiger partial charge in [-0.15, -0.1) is 0 Å². The second-order valence-corrected chi connectivity index (χ2v) is 19.9. The molecule has 0 unspecified atom stereocenters. The number of carbonyl (C=O) groups is 1. The van der Waals surface area contributed by atoms with Gasteiger partial charge in [-0.3, -0.25) is 4.79 Å². The van der Waals surface area contributed by atoms with Gasteiger partial charge >= 0.3 is 5.63 Å². The number of nitrogens with one attached hydrogen (secondary N) is 1. The Kier molecular flexibility index (Phi) is 18.6. The normalized spacial score (nSPS) is 13.4. The summed E-state index contributed by atoms with van der Waals surface area (Å²) < 4.78 is 8.02. The van der Waals surface area contributed by atoms with Gasteiger partial charge in [0.2, 0.25) is 5.69 Å². The highest BCUT2D eigenvalue weighted by Crippen LogP contribution is 2.40. The molecule has 0 aliphatic carbocycles. The quantitative estimate of drug-likeness (QED) is 0.0399. The van der Waals surface area contributed by atoms with Crippen LogP contribution in [0.2, 0.25) is 0 Å². The van der Waals surface area contributed by atoms with Crippen molar-refractivity contribution in [1.29, 1.82) is 0 Å². The fourth-order valence-corrected chi connectivity index (χ4v) is 10.9. The zero-order chi connectivity index (χ0) is 41.3. The summed E-state index contributed by atoms with van der Waals surface area (Å²) in [5, 5.41) is 3.72. The van der Waals surface area contributed by atoms with Gasteiger partial charge in [0.15, 0.2) is 12.3 Å². The lowest BCUT2D eigenvalue weighted by Crippen LogP contribution is -2.31. The monoisotopic (exact) mass is 859 g/mol. The van der Waals surface area contributed by atoms with Gasteiger partial charge < -0.3 is 19.5 Å². The van der Waals surface area contributed by atoms with Crippen LogP contribution in [0.3, 0.4) is 0 Å². The minimum atomic E-state index is -0.620. The van der Waals surface area contributed by atoms with Crippen LogP contribution in [0.15, 0.2) is 88.1 Å². The highest BCUT2D eigenvalue weighted by Gasteiger charge is 2.43. The molecule has 1 N–H and O–H groups in total. The lowest BCUT2D eigenvalue weighted by Gasteiger charge is -2.25. The molecule has 0 saturated heterocycles. The van der Waals surface area contributed by atoms with Gasteiger partial charge in [0.05, 0.1) is 5.41 Å². The van der Waals surface area contributed by atoms with Crippen LogP contribution in [0, 0.1) is 0 Å². The van der Waals surface area contributed by atoms with E-state index in [1.54, 1.807) is 6.07 Å². The van der Waals surface area contributed by atoms with E-state index in [0.717, 1.165) is 55.3 Å². The molecule has 0 spiro atoms. The Hall–Kier alpha value is -3.25. The molecule has 0 bridgehead atoms. The first kappa shape index (κ1) is 45.8. The van der Waals surface area contributed by atoms with Crippen molar-refractivity contribution in [2.75, 3.05) is 95.1 Å². The molecule has 1 aromatic heterocycles. The third-order valence-electron chi connectivity index (χ3n) is 10.6. The first-order valence-corrected chi connectivity index (χ1v) is 25.5. The second kappa shape index (κ2) is 23.5. The number of fused-ring (bicyclic) bond motifs is 2. The van der Waals surface area contributed by atoms with Gasteiger partial charge in [-0.25, -0.2) is 4.79 Å². The zero-order valence-electron chi connectivity index (χ0n) is 35.4. The second-order valence-electron chi connectivity index (χ2n) is 14.7. The number of para-hydroxylation sites is 1. The van der Waals surface area contributed by atoms with Crippen LogP contribution in [-0.2, 0) is 5.41 Å². The minimum absolute atomic E-state index is 0.0287. The Bertz CT molecular complexity index is 2030. The van der Waals surface area contributed by atoms with Crippen molar-refractivity contribution >= 4 is 92.8 Å². The number of hydrogen-bond acceptors (Lipinski definition) is 9. The van der Waals surface area contributed by atoms with E-state index in [1.165, 1.54) is 62.7 Å². The van der Waals surface area contributed by atoms with Gasteiger partial charge in [0.25, 0.3) is 5.91 Å². The molecular formula is C47H63N4O3S4+. The molecule has 312 valence electrons. The Morgan fingerprint density at radius 2 is 1.40 bits per heavy atom. The molecule has 7 nitrogen and oxygen atoms in total. The molecular weight excluding hydrogens is 797 g/mol. The number of carbonyl (C=O) groups excluding carboxylic acids is 1. The van der Waals surface area contributed by atoms with Gasteiger partial charge in [-0.05, 0) is 81.2 Å². The molecule has 2 heterocycles. The SMILES string of the molecule is CCSCCSCCN(CCSCCSCC)c1ccc(C=CC2=[N+](CCCNC(=O)c3cc4ccc(N(CC)CC)cc4oc3=O)c3ccccc3C2(C)C)cc1. The molecule has 4 aromatic rings. The Balaban J connectivity index is 1.25. The lowest BCUT2D eigenvalue weighted by atomic mass is 9.81. The van der Waals surface area contributed by atoms with E-state index in [-0.39, 0.29) is 11.0 Å². The summed E-state index contributed by atoms with van der Waals surface area (Å²) in [4.78, 5) is 30.9. The Morgan fingerprint density at radius 1 is 0.759 bits per heavy atom. The molecule has 0 radical (unpaired) electrons. The van der Waals surface area contributed by atoms with Crippen molar-refractivity contribution in [1.82, 2.24) is 5.32 Å². The predicted octanol–water partition coefficient (Wildman–Crippen LogP) is 10.3. The number of hydrogen-bond donors (Lipinski definition) is 1. The van der Waals surface area contributed by atoms with Gasteiger partial charge in [-0.2, -0.15) is 51.6 Å². The standard InChI is InChI=1S/C47H62N4O3S4/c1-7-49(8-2)39-22-19-37-34-40(46(53)54-43(37)35-39)45(52)48-24-13-25-51-42-15-12-11-14-41(42)47(5,6)44(51)23-18-36-16-20-38(21-17-36)50(26-28-57-32-30-55-9-3)27-29-58-33-31-56-10-4/h11-12,14-23,34-35H,7-10,13,24-33H2,1-6H3/p+1. The first-order chi connectivity index (χ1) is 28.2. The molecule has 0 atom stereocenters. The van der Waals surface area contributed by atoms with Crippen LogP contribution < -0.4 is 20.7 Å². The maximum absolute atomic E-state index is 13.2. The summed E-state index contributed by atoms with van der Waals surface area (Å²) in [6.07, 6.45) is 5.21. The largest absolute Gasteiger partial charge is 0.422 e. The summed E-state index contributed by atoms with van der Waals surface area (Å²) in [6.45, 7) is 18.2. The fraction of sp³-hybridized carbons (Fsp3) is 0.468. The summed E-state index contributed by atoms with van der Waals surface area (Å²) in [6, 6.07) is 25.1. The number of allylic oxidation sites excluding steroid dienone is 1. The molecule has 58 heavy (non-hydrogen) atoms. The Labute approximate surface area is 364 Å². The maximum Gasteiger partial charge on any atom is 0.349 e. The average molecular weight is 860 g/mol. The van der Waals surface area contributed by atoms with Crippen molar-refractivity contribution in [2.24, 2.45) is 0 Å². The van der Waals surface area contributed by atoms with Gasteiger partial charge in [0.1, 0.15) is 11.1 Å². The molecule has 11 heteroatoms. The summed E-state index contributed by atoms with van der Waals surface area (Å²) in [7, 11) is 0. The molecule has 1 amide bonds. The topological polar surface area (TPSA) is 68.8 Å². The molecule has 1 aliphatic rings. The van der Waals surface area contributed by atoms with E-state index >= 15 is 0 Å². The van der Waals surface area contributed by atoms with Crippen LogP contribution in [0.25, 0.3) is 17.0 Å². The molecule has 0 fully saturated rings. The number of rotatable bonds is 25. The highest BCUT2D eigenvalue weighted by molar-refractivity contribution is 8.03. The molecule has 3 aromatic carbocycles. The molecule has 5 rings (SSSR count). The number of amides is 1. The minimum Gasteiger partial charge on any atom is -0.422 e. The predicted molar refractivity (Wildman–Crippen MR) is 261 cm³/mol. The van der Waals surface area contributed by atoms with Crippen LogP contribution >= 0.6 is 47.0 Å². The van der Waals surface area contributed by atoms with Crippen molar-refractivity contribution in [3.05, 3.63) is 106 Å². The first-order valence-electron chi connectivity index (χ1n) is 20.9. The van der Waals surface area contributed by atoms with Crippen molar-refractivity contribution in [2.45, 2.75) is 53.4 Å². The lowest BCUT2D eigenvalue weighted by molar-refractivity contribution is -0.437. The van der Waals surface area contributed by atoms with Crippen LogP contribution in [-0.4, -0.2) is 101 Å². The van der Waals surface area contributed by atoms with E-state index in [0.29, 0.717) is 18.5 Å². The van der Waals surface area contributed by atoms with Crippen LogP contribution in [0.5, 0.6) is 0 Å². The van der Waals surface area contributed by atoms with Crippen LogP contribution in [0.4, 0.5) is 17.1 Å². The smallest absolute Gasteiger partial charge is 0.349 e. The van der Waals surface area contributed by atoms with Crippen molar-refractivity contribution in [3.63, 3.8) is 0 Å². The summed E-state index contributed by atoms with van der Waals surface area (Å²) >= 11 is 8.19.